The Morgan fingerprint density at radius 2 is 2.71 bits per heavy atom. The van der Waals surface area contributed by atoms with Gasteiger partial charge in [0.25, 0.3) is 5.91 Å². The number of nitrogens with one attached hydrogen (secondary N) is 2. The zero-order valence-corrected chi connectivity index (χ0v) is 8.64. The van der Waals surface area contributed by atoms with E-state index in [0.29, 0.717) is 10.8 Å². The van der Waals surface area contributed by atoms with E-state index >= 15 is 0 Å². The van der Waals surface area contributed by atoms with Gasteiger partial charge < -0.3 is 10.6 Å². The largest absolute Gasteiger partial charge is 0.351 e. The predicted octanol–water partition coefficient (Wildman–Crippen LogP) is 0.482. The molecule has 76 valence electrons. The quantitative estimate of drug-likeness (QED) is 0.764. The van der Waals surface area contributed by atoms with Crippen LogP contribution in [0.15, 0.2) is 11.7 Å². The number of amides is 1. The van der Waals surface area contributed by atoms with Crippen LogP contribution in [0.4, 0.5) is 0 Å². The average molecular weight is 211 g/mol. The molecule has 2 heterocycles. The first kappa shape index (κ1) is 9.61. The molecule has 1 saturated heterocycles. The Morgan fingerprint density at radius 3 is 3.36 bits per heavy atom. The molecule has 0 radical (unpaired) electrons. The van der Waals surface area contributed by atoms with Crippen LogP contribution in [-0.4, -0.2) is 30.5 Å². The fourth-order valence-corrected chi connectivity index (χ4v) is 2.08. The van der Waals surface area contributed by atoms with Crippen LogP contribution in [0.2, 0.25) is 0 Å². The van der Waals surface area contributed by atoms with Gasteiger partial charge in [-0.2, -0.15) is 0 Å². The minimum absolute atomic E-state index is 0.000556. The maximum Gasteiger partial charge on any atom is 0.263 e. The van der Waals surface area contributed by atoms with Gasteiger partial charge in [0.15, 0.2) is 0 Å². The number of aromatic nitrogens is 1. The third kappa shape index (κ3) is 2.30. The van der Waals surface area contributed by atoms with E-state index in [9.17, 15) is 4.79 Å². The maximum absolute atomic E-state index is 11.5. The van der Waals surface area contributed by atoms with Crippen molar-refractivity contribution in [3.63, 3.8) is 0 Å². The smallest absolute Gasteiger partial charge is 0.263 e. The van der Waals surface area contributed by atoms with Crippen LogP contribution in [0.5, 0.6) is 0 Å². The fourth-order valence-electron chi connectivity index (χ4n) is 1.54. The highest BCUT2D eigenvalue weighted by Gasteiger charge is 2.15. The van der Waals surface area contributed by atoms with Gasteiger partial charge in [0, 0.05) is 6.54 Å². The molecule has 1 aliphatic heterocycles. The van der Waals surface area contributed by atoms with Crippen LogP contribution >= 0.6 is 11.3 Å². The average Bonchev–Trinajstić information content (AvgIpc) is 2.87. The third-order valence-electron chi connectivity index (χ3n) is 2.37. The molecule has 1 atom stereocenters. The minimum atomic E-state index is -0.000556. The SMILES string of the molecule is O=C(NCC1CCNC1)c1cncs1. The zero-order valence-electron chi connectivity index (χ0n) is 7.82. The molecule has 1 unspecified atom stereocenters. The summed E-state index contributed by atoms with van der Waals surface area (Å²) in [5, 5.41) is 6.19. The third-order valence-corrected chi connectivity index (χ3v) is 3.14. The van der Waals surface area contributed by atoms with E-state index in [1.807, 2.05) is 0 Å². The van der Waals surface area contributed by atoms with Crippen LogP contribution < -0.4 is 10.6 Å². The second-order valence-corrected chi connectivity index (χ2v) is 4.32. The number of carbonyl (C=O) groups excluding carboxylic acids is 1. The van der Waals surface area contributed by atoms with Crippen molar-refractivity contribution in [1.82, 2.24) is 15.6 Å². The van der Waals surface area contributed by atoms with Crippen molar-refractivity contribution in [2.45, 2.75) is 6.42 Å². The molecule has 5 heteroatoms. The molecule has 0 spiro atoms. The molecular formula is C9H13N3OS. The molecule has 0 aliphatic carbocycles. The molecule has 0 bridgehead atoms. The van der Waals surface area contributed by atoms with Gasteiger partial charge in [-0.3, -0.25) is 9.78 Å². The monoisotopic (exact) mass is 211 g/mol. The molecule has 1 fully saturated rings. The molecule has 1 aromatic heterocycles. The molecule has 2 N–H and O–H groups in total. The lowest BCUT2D eigenvalue weighted by atomic mass is 10.1. The second kappa shape index (κ2) is 4.52. The second-order valence-electron chi connectivity index (χ2n) is 3.43. The van der Waals surface area contributed by atoms with E-state index in [-0.39, 0.29) is 5.91 Å². The standard InChI is InChI=1S/C9H13N3OS/c13-9(8-5-11-6-14-8)12-4-7-1-2-10-3-7/h5-7,10H,1-4H2,(H,12,13). The number of carbonyl (C=O) groups is 1. The number of thiazole rings is 1. The van der Waals surface area contributed by atoms with Crippen molar-refractivity contribution in [2.75, 3.05) is 19.6 Å². The summed E-state index contributed by atoms with van der Waals surface area (Å²) < 4.78 is 0. The zero-order chi connectivity index (χ0) is 9.80. The minimum Gasteiger partial charge on any atom is -0.351 e. The fraction of sp³-hybridized carbons (Fsp3) is 0.556. The van der Waals surface area contributed by atoms with Gasteiger partial charge in [-0.05, 0) is 25.4 Å². The summed E-state index contributed by atoms with van der Waals surface area (Å²) in [6.07, 6.45) is 2.76. The van der Waals surface area contributed by atoms with Crippen LogP contribution in [0.3, 0.4) is 0 Å². The van der Waals surface area contributed by atoms with E-state index in [2.05, 4.69) is 15.6 Å². The number of hydrogen-bond acceptors (Lipinski definition) is 4. The Bertz CT molecular complexity index is 293. The first-order valence-corrected chi connectivity index (χ1v) is 5.61. The molecular weight excluding hydrogens is 198 g/mol. The van der Waals surface area contributed by atoms with Crippen LogP contribution in [0.25, 0.3) is 0 Å². The summed E-state index contributed by atoms with van der Waals surface area (Å²) in [6.45, 7) is 2.85. The molecule has 0 aromatic carbocycles. The highest BCUT2D eigenvalue weighted by atomic mass is 32.1. The van der Waals surface area contributed by atoms with Crippen molar-refractivity contribution in [3.05, 3.63) is 16.6 Å². The van der Waals surface area contributed by atoms with Gasteiger partial charge in [0.1, 0.15) is 4.88 Å². The van der Waals surface area contributed by atoms with Crippen molar-refractivity contribution in [1.29, 1.82) is 0 Å². The van der Waals surface area contributed by atoms with Crippen molar-refractivity contribution >= 4 is 17.2 Å². The van der Waals surface area contributed by atoms with Crippen LogP contribution in [0.1, 0.15) is 16.1 Å². The topological polar surface area (TPSA) is 54.0 Å². The lowest BCUT2D eigenvalue weighted by Gasteiger charge is -2.08. The van der Waals surface area contributed by atoms with Crippen molar-refractivity contribution in [2.24, 2.45) is 5.92 Å². The van der Waals surface area contributed by atoms with Gasteiger partial charge in [0.2, 0.25) is 0 Å². The summed E-state index contributed by atoms with van der Waals surface area (Å²) in [5.41, 5.74) is 1.67. The van der Waals surface area contributed by atoms with Gasteiger partial charge >= 0.3 is 0 Å². The molecule has 1 aromatic rings. The van der Waals surface area contributed by atoms with E-state index in [1.165, 1.54) is 11.3 Å². The van der Waals surface area contributed by atoms with Crippen molar-refractivity contribution < 1.29 is 4.79 Å². The van der Waals surface area contributed by atoms with Gasteiger partial charge in [0.05, 0.1) is 11.7 Å². The molecule has 2 rings (SSSR count). The van der Waals surface area contributed by atoms with Crippen molar-refractivity contribution in [3.8, 4) is 0 Å². The Kier molecular flexibility index (Phi) is 3.10. The maximum atomic E-state index is 11.5. The summed E-state index contributed by atoms with van der Waals surface area (Å²) >= 11 is 1.37. The molecule has 4 nitrogen and oxygen atoms in total. The van der Waals surface area contributed by atoms with Gasteiger partial charge in [-0.1, -0.05) is 0 Å². The van der Waals surface area contributed by atoms with E-state index in [4.69, 9.17) is 0 Å². The number of rotatable bonds is 3. The molecule has 1 aliphatic rings. The van der Waals surface area contributed by atoms with Crippen LogP contribution in [-0.2, 0) is 0 Å². The normalized spacial score (nSPS) is 21.0. The lowest BCUT2D eigenvalue weighted by Crippen LogP contribution is -2.29. The summed E-state index contributed by atoms with van der Waals surface area (Å²) in [5.74, 6) is 0.589. The number of hydrogen-bond donors (Lipinski definition) is 2. The molecule has 14 heavy (non-hydrogen) atoms. The summed E-state index contributed by atoms with van der Waals surface area (Å²) in [4.78, 5) is 16.1. The highest BCUT2D eigenvalue weighted by molar-refractivity contribution is 7.11. The highest BCUT2D eigenvalue weighted by Crippen LogP contribution is 2.08. The molecule has 0 saturated carbocycles. The number of nitrogens with zero attached hydrogens (tertiary/aromatic N) is 1. The Balaban J connectivity index is 1.78. The van der Waals surface area contributed by atoms with Gasteiger partial charge in [-0.15, -0.1) is 11.3 Å². The summed E-state index contributed by atoms with van der Waals surface area (Å²) in [7, 11) is 0. The predicted molar refractivity (Wildman–Crippen MR) is 55.4 cm³/mol. The summed E-state index contributed by atoms with van der Waals surface area (Å²) in [6, 6.07) is 0. The Labute approximate surface area is 86.7 Å². The molecule has 1 amide bonds. The van der Waals surface area contributed by atoms with E-state index in [0.717, 1.165) is 26.1 Å². The first-order chi connectivity index (χ1) is 6.86. The van der Waals surface area contributed by atoms with Gasteiger partial charge in [-0.25, -0.2) is 0 Å². The van der Waals surface area contributed by atoms with E-state index < -0.39 is 0 Å². The van der Waals surface area contributed by atoms with Crippen LogP contribution in [0, 0.1) is 5.92 Å². The first-order valence-electron chi connectivity index (χ1n) is 4.73. The lowest BCUT2D eigenvalue weighted by molar-refractivity contribution is 0.0952. The van der Waals surface area contributed by atoms with E-state index in [1.54, 1.807) is 11.7 Å². The Morgan fingerprint density at radius 1 is 1.79 bits per heavy atom. The Hall–Kier alpha value is -0.940.